The minimum Gasteiger partial charge on any atom is -0.375 e. The highest BCUT2D eigenvalue weighted by atomic mass is 32.1. The van der Waals surface area contributed by atoms with Crippen LogP contribution < -0.4 is 11.1 Å². The minimum absolute atomic E-state index is 0.00426. The molecule has 0 saturated carbocycles. The number of carbonyl (C=O) groups excluding carboxylic acids is 1. The number of hydrogen-bond acceptors (Lipinski definition) is 6. The predicted molar refractivity (Wildman–Crippen MR) is 87.6 cm³/mol. The van der Waals surface area contributed by atoms with E-state index in [1.54, 1.807) is 11.3 Å². The van der Waals surface area contributed by atoms with Gasteiger partial charge in [0.15, 0.2) is 5.13 Å². The van der Waals surface area contributed by atoms with Gasteiger partial charge in [0.25, 0.3) is 0 Å². The quantitative estimate of drug-likeness (QED) is 0.856. The van der Waals surface area contributed by atoms with E-state index in [1.807, 2.05) is 12.3 Å². The number of carbonyl (C=O) groups is 1. The van der Waals surface area contributed by atoms with Crippen molar-refractivity contribution in [1.82, 2.24) is 15.3 Å². The number of nitrogens with one attached hydrogen (secondary N) is 1. The van der Waals surface area contributed by atoms with Gasteiger partial charge in [0.05, 0.1) is 17.4 Å². The van der Waals surface area contributed by atoms with Gasteiger partial charge < -0.3 is 11.1 Å². The molecule has 3 N–H and O–H groups in total. The van der Waals surface area contributed by atoms with Crippen LogP contribution in [0.4, 0.5) is 5.13 Å². The van der Waals surface area contributed by atoms with Crippen molar-refractivity contribution in [3.63, 3.8) is 0 Å². The third-order valence-electron chi connectivity index (χ3n) is 3.26. The number of nitrogens with two attached hydrogens (primary N) is 1. The zero-order valence-electron chi connectivity index (χ0n) is 12.5. The maximum atomic E-state index is 12.1. The maximum absolute atomic E-state index is 12.1. The van der Waals surface area contributed by atoms with Crippen molar-refractivity contribution in [3.05, 3.63) is 26.7 Å². The van der Waals surface area contributed by atoms with E-state index in [9.17, 15) is 4.79 Å². The first-order valence-corrected chi connectivity index (χ1v) is 8.62. The van der Waals surface area contributed by atoms with Gasteiger partial charge in [0.2, 0.25) is 5.91 Å². The summed E-state index contributed by atoms with van der Waals surface area (Å²) < 4.78 is 0. The molecule has 0 spiro atoms. The largest absolute Gasteiger partial charge is 0.375 e. The van der Waals surface area contributed by atoms with Crippen molar-refractivity contribution in [1.29, 1.82) is 0 Å². The summed E-state index contributed by atoms with van der Waals surface area (Å²) in [6.07, 6.45) is 1.87. The van der Waals surface area contributed by atoms with E-state index in [2.05, 4.69) is 29.1 Å². The number of amides is 1. The molecule has 1 atom stereocenters. The van der Waals surface area contributed by atoms with Crippen LogP contribution in [0.5, 0.6) is 0 Å². The molecule has 0 aliphatic carbocycles. The highest BCUT2D eigenvalue weighted by molar-refractivity contribution is 7.13. The molecule has 0 fully saturated rings. The number of hydrogen-bond donors (Lipinski definition) is 2. The molecule has 2 heterocycles. The fraction of sp³-hybridized carbons (Fsp3) is 0.500. The number of aryl methyl sites for hydroxylation is 3. The molecule has 0 radical (unpaired) electrons. The van der Waals surface area contributed by atoms with Crippen molar-refractivity contribution in [2.75, 3.05) is 5.73 Å². The molecule has 0 aliphatic rings. The van der Waals surface area contributed by atoms with Gasteiger partial charge in [-0.2, -0.15) is 0 Å². The lowest BCUT2D eigenvalue weighted by atomic mass is 10.2. The summed E-state index contributed by atoms with van der Waals surface area (Å²) in [6, 6.07) is -0.00426. The van der Waals surface area contributed by atoms with Gasteiger partial charge in [-0.25, -0.2) is 9.97 Å². The average Bonchev–Trinajstić information content (AvgIpc) is 3.00. The Morgan fingerprint density at radius 3 is 2.71 bits per heavy atom. The van der Waals surface area contributed by atoms with Crippen LogP contribution in [0.15, 0.2) is 5.38 Å². The third kappa shape index (κ3) is 4.25. The van der Waals surface area contributed by atoms with Crippen molar-refractivity contribution >= 4 is 33.7 Å². The number of aromatic nitrogens is 2. The van der Waals surface area contributed by atoms with Crippen molar-refractivity contribution < 1.29 is 4.79 Å². The van der Waals surface area contributed by atoms with Crippen molar-refractivity contribution in [2.24, 2.45) is 0 Å². The summed E-state index contributed by atoms with van der Waals surface area (Å²) in [4.78, 5) is 22.0. The summed E-state index contributed by atoms with van der Waals surface area (Å²) >= 11 is 3.06. The first-order valence-electron chi connectivity index (χ1n) is 6.92. The Balaban J connectivity index is 1.90. The number of rotatable bonds is 6. The fourth-order valence-corrected chi connectivity index (χ4v) is 3.59. The Bertz CT molecular complexity index is 601. The van der Waals surface area contributed by atoms with Crippen LogP contribution >= 0.6 is 22.7 Å². The standard InChI is InChI=1S/C14H20N4OS2/c1-4-11(13-16-8(2)9(3)21-13)18-12(19)6-5-10-7-20-14(15)17-10/h7,11H,4-6H2,1-3H3,(H2,15,17)(H,18,19)/t11-/m1/s1. The van der Waals surface area contributed by atoms with E-state index < -0.39 is 0 Å². The molecule has 0 unspecified atom stereocenters. The first-order chi connectivity index (χ1) is 9.99. The van der Waals surface area contributed by atoms with Gasteiger partial charge in [0, 0.05) is 16.7 Å². The fourth-order valence-electron chi connectivity index (χ4n) is 1.93. The van der Waals surface area contributed by atoms with E-state index >= 15 is 0 Å². The van der Waals surface area contributed by atoms with Gasteiger partial charge in [-0.15, -0.1) is 22.7 Å². The molecule has 1 amide bonds. The van der Waals surface area contributed by atoms with E-state index in [-0.39, 0.29) is 11.9 Å². The van der Waals surface area contributed by atoms with E-state index in [0.29, 0.717) is 18.0 Å². The molecule has 7 heteroatoms. The molecule has 0 aromatic carbocycles. The minimum atomic E-state index is -0.00426. The lowest BCUT2D eigenvalue weighted by Gasteiger charge is -2.14. The summed E-state index contributed by atoms with van der Waals surface area (Å²) in [5.41, 5.74) is 7.50. The summed E-state index contributed by atoms with van der Waals surface area (Å²) in [5, 5.41) is 6.48. The smallest absolute Gasteiger partial charge is 0.220 e. The third-order valence-corrected chi connectivity index (χ3v) is 5.17. The van der Waals surface area contributed by atoms with E-state index in [1.165, 1.54) is 16.2 Å². The van der Waals surface area contributed by atoms with Crippen molar-refractivity contribution in [2.45, 2.75) is 46.1 Å². The zero-order chi connectivity index (χ0) is 15.4. The second-order valence-corrected chi connectivity index (χ2v) is 7.02. The highest BCUT2D eigenvalue weighted by Gasteiger charge is 2.17. The summed E-state index contributed by atoms with van der Waals surface area (Å²) in [6.45, 7) is 6.10. The van der Waals surface area contributed by atoms with Crippen LogP contribution in [0.1, 0.15) is 47.1 Å². The number of nitrogens with zero attached hydrogens (tertiary/aromatic N) is 2. The van der Waals surface area contributed by atoms with Crippen LogP contribution in [0.2, 0.25) is 0 Å². The normalized spacial score (nSPS) is 12.3. The number of nitrogen functional groups attached to an aromatic ring is 1. The highest BCUT2D eigenvalue weighted by Crippen LogP contribution is 2.25. The molecule has 2 rings (SSSR count). The van der Waals surface area contributed by atoms with Crippen LogP contribution in [0.25, 0.3) is 0 Å². The van der Waals surface area contributed by atoms with Gasteiger partial charge >= 0.3 is 0 Å². The lowest BCUT2D eigenvalue weighted by molar-refractivity contribution is -0.121. The van der Waals surface area contributed by atoms with E-state index in [0.717, 1.165) is 22.8 Å². The van der Waals surface area contributed by atoms with Crippen LogP contribution in [-0.4, -0.2) is 15.9 Å². The van der Waals surface area contributed by atoms with Gasteiger partial charge in [-0.1, -0.05) is 6.92 Å². The topological polar surface area (TPSA) is 80.9 Å². The Kier molecular flexibility index (Phi) is 5.30. The lowest BCUT2D eigenvalue weighted by Crippen LogP contribution is -2.28. The molecule has 0 aliphatic heterocycles. The molecular weight excluding hydrogens is 304 g/mol. The molecule has 114 valence electrons. The predicted octanol–water partition coefficient (Wildman–Crippen LogP) is 3.00. The van der Waals surface area contributed by atoms with Crippen LogP contribution in [0.3, 0.4) is 0 Å². The maximum Gasteiger partial charge on any atom is 0.220 e. The molecular formula is C14H20N4OS2. The van der Waals surface area contributed by atoms with Crippen molar-refractivity contribution in [3.8, 4) is 0 Å². The van der Waals surface area contributed by atoms with Gasteiger partial charge in [-0.3, -0.25) is 4.79 Å². The molecule has 5 nitrogen and oxygen atoms in total. The first kappa shape index (κ1) is 15.9. The van der Waals surface area contributed by atoms with Crippen LogP contribution in [0, 0.1) is 13.8 Å². The van der Waals surface area contributed by atoms with E-state index in [4.69, 9.17) is 5.73 Å². The van der Waals surface area contributed by atoms with Gasteiger partial charge in [-0.05, 0) is 26.7 Å². The molecule has 21 heavy (non-hydrogen) atoms. The zero-order valence-corrected chi connectivity index (χ0v) is 14.1. The van der Waals surface area contributed by atoms with Gasteiger partial charge in [0.1, 0.15) is 5.01 Å². The Morgan fingerprint density at radius 1 is 1.43 bits per heavy atom. The monoisotopic (exact) mass is 324 g/mol. The second-order valence-electron chi connectivity index (χ2n) is 4.90. The summed E-state index contributed by atoms with van der Waals surface area (Å²) in [7, 11) is 0. The Labute approximate surface area is 132 Å². The molecule has 2 aromatic rings. The second kappa shape index (κ2) is 7.00. The summed E-state index contributed by atoms with van der Waals surface area (Å²) in [5.74, 6) is 0.0268. The number of anilines is 1. The molecule has 2 aromatic heterocycles. The SMILES string of the molecule is CC[C@@H](NC(=O)CCc1csc(N)n1)c1nc(C)c(C)s1. The average molecular weight is 324 g/mol. The Hall–Kier alpha value is -1.47. The Morgan fingerprint density at radius 2 is 2.19 bits per heavy atom. The van der Waals surface area contributed by atoms with Crippen LogP contribution in [-0.2, 0) is 11.2 Å². The molecule has 0 saturated heterocycles. The number of thiazole rings is 2. The molecule has 0 bridgehead atoms.